The summed E-state index contributed by atoms with van der Waals surface area (Å²) in [5.41, 5.74) is -0.451. The number of nitrogens with one attached hydrogen (secondary N) is 1. The molecule has 0 aliphatic carbocycles. The third-order valence-electron chi connectivity index (χ3n) is 3.10. The molecule has 8 heteroatoms. The first kappa shape index (κ1) is 15.8. The van der Waals surface area contributed by atoms with Gasteiger partial charge in [0.2, 0.25) is 0 Å². The van der Waals surface area contributed by atoms with Gasteiger partial charge in [0, 0.05) is 5.39 Å². The molecule has 2 aromatic rings. The largest absolute Gasteiger partial charge is 0.433 e. The summed E-state index contributed by atoms with van der Waals surface area (Å²) in [5, 5.41) is 5.43. The number of H-pyrrole nitrogens is 1. The van der Waals surface area contributed by atoms with Gasteiger partial charge in [-0.2, -0.15) is 18.3 Å². The van der Waals surface area contributed by atoms with Crippen molar-refractivity contribution in [2.45, 2.75) is 31.7 Å². The van der Waals surface area contributed by atoms with Gasteiger partial charge in [-0.25, -0.2) is 8.42 Å². The highest BCUT2D eigenvalue weighted by molar-refractivity contribution is 7.90. The van der Waals surface area contributed by atoms with E-state index in [2.05, 4.69) is 5.10 Å². The van der Waals surface area contributed by atoms with E-state index in [4.69, 9.17) is 0 Å². The number of rotatable bonds is 5. The standard InChI is InChI=1S/C13H15F3N2O2S/c1-2-3-6-21(19,20)8-9-4-5-11-10(7-9)12(18-17-11)13(14,15)16/h4-5,7H,2-3,6,8H2,1H3,(H,17,18). The van der Waals surface area contributed by atoms with Gasteiger partial charge in [0.15, 0.2) is 9.84 Å². The highest BCUT2D eigenvalue weighted by atomic mass is 32.2. The number of aromatic nitrogens is 2. The number of hydrogen-bond acceptors (Lipinski definition) is 3. The third-order valence-corrected chi connectivity index (χ3v) is 4.78. The summed E-state index contributed by atoms with van der Waals surface area (Å²) in [6.07, 6.45) is -3.25. The Bertz CT molecular complexity index is 735. The Kier molecular flexibility index (Phi) is 4.27. The molecular formula is C13H15F3N2O2S. The maximum atomic E-state index is 12.8. The van der Waals surface area contributed by atoms with Crippen molar-refractivity contribution in [3.05, 3.63) is 29.5 Å². The second-order valence-corrected chi connectivity index (χ2v) is 7.08. The van der Waals surface area contributed by atoms with Crippen molar-refractivity contribution in [2.24, 2.45) is 0 Å². The lowest BCUT2D eigenvalue weighted by atomic mass is 10.1. The topological polar surface area (TPSA) is 62.8 Å². The first-order chi connectivity index (χ1) is 9.73. The zero-order valence-corrected chi connectivity index (χ0v) is 12.2. The van der Waals surface area contributed by atoms with Gasteiger partial charge in [-0.05, 0) is 24.1 Å². The van der Waals surface area contributed by atoms with Crippen molar-refractivity contribution in [1.82, 2.24) is 10.2 Å². The van der Waals surface area contributed by atoms with Gasteiger partial charge in [0.25, 0.3) is 0 Å². The number of sulfone groups is 1. The number of unbranched alkanes of at least 4 members (excludes halogenated alkanes) is 1. The summed E-state index contributed by atoms with van der Waals surface area (Å²) >= 11 is 0. The molecule has 1 aromatic heterocycles. The molecule has 2 rings (SSSR count). The number of halogens is 3. The number of nitrogens with zero attached hydrogens (tertiary/aromatic N) is 1. The summed E-state index contributed by atoms with van der Waals surface area (Å²) < 4.78 is 62.1. The fourth-order valence-electron chi connectivity index (χ4n) is 2.05. The van der Waals surface area contributed by atoms with E-state index < -0.39 is 21.7 Å². The van der Waals surface area contributed by atoms with Crippen LogP contribution in [0.15, 0.2) is 18.2 Å². The average molecular weight is 320 g/mol. The Labute approximate surface area is 120 Å². The van der Waals surface area contributed by atoms with Gasteiger partial charge in [0.05, 0.1) is 17.0 Å². The second-order valence-electron chi connectivity index (χ2n) is 4.89. The van der Waals surface area contributed by atoms with Crippen molar-refractivity contribution in [1.29, 1.82) is 0 Å². The minimum atomic E-state index is -4.55. The quantitative estimate of drug-likeness (QED) is 0.919. The zero-order chi connectivity index (χ0) is 15.7. The van der Waals surface area contributed by atoms with Crippen molar-refractivity contribution < 1.29 is 21.6 Å². The summed E-state index contributed by atoms with van der Waals surface area (Å²) in [7, 11) is -3.31. The molecule has 0 spiro atoms. The molecule has 0 saturated heterocycles. The molecule has 0 unspecified atom stereocenters. The Hall–Kier alpha value is -1.57. The lowest BCUT2D eigenvalue weighted by Gasteiger charge is -2.06. The van der Waals surface area contributed by atoms with E-state index >= 15 is 0 Å². The zero-order valence-electron chi connectivity index (χ0n) is 11.4. The molecule has 1 heterocycles. The van der Waals surface area contributed by atoms with Crippen LogP contribution < -0.4 is 0 Å². The van der Waals surface area contributed by atoms with Crippen LogP contribution in [0.25, 0.3) is 10.9 Å². The maximum Gasteiger partial charge on any atom is 0.433 e. The molecule has 0 aliphatic heterocycles. The molecule has 0 bridgehead atoms. The monoisotopic (exact) mass is 320 g/mol. The van der Waals surface area contributed by atoms with Crippen molar-refractivity contribution >= 4 is 20.7 Å². The molecule has 4 nitrogen and oxygen atoms in total. The van der Waals surface area contributed by atoms with Gasteiger partial charge in [-0.1, -0.05) is 19.4 Å². The minimum absolute atomic E-state index is 0.0407. The van der Waals surface area contributed by atoms with Crippen LogP contribution in [0.5, 0.6) is 0 Å². The SMILES string of the molecule is CCCCS(=O)(=O)Cc1ccc2n[nH]c(C(F)(F)F)c2c1. The molecule has 0 saturated carbocycles. The van der Waals surface area contributed by atoms with Crippen molar-refractivity contribution in [3.8, 4) is 0 Å². The van der Waals surface area contributed by atoms with Crippen molar-refractivity contribution in [3.63, 3.8) is 0 Å². The van der Waals surface area contributed by atoms with Gasteiger partial charge in [-0.15, -0.1) is 0 Å². The van der Waals surface area contributed by atoms with Crippen LogP contribution in [0.3, 0.4) is 0 Å². The van der Waals surface area contributed by atoms with Crippen LogP contribution in [-0.4, -0.2) is 24.4 Å². The van der Waals surface area contributed by atoms with Crippen LogP contribution >= 0.6 is 0 Å². The lowest BCUT2D eigenvalue weighted by molar-refractivity contribution is -0.139. The summed E-state index contributed by atoms with van der Waals surface area (Å²) in [4.78, 5) is 0. The Morgan fingerprint density at radius 3 is 2.62 bits per heavy atom. The van der Waals surface area contributed by atoms with E-state index in [-0.39, 0.29) is 22.4 Å². The van der Waals surface area contributed by atoms with Crippen LogP contribution in [0.4, 0.5) is 13.2 Å². The van der Waals surface area contributed by atoms with E-state index in [0.29, 0.717) is 12.0 Å². The Morgan fingerprint density at radius 1 is 1.29 bits per heavy atom. The van der Waals surface area contributed by atoms with E-state index in [9.17, 15) is 21.6 Å². The number of hydrogen-bond donors (Lipinski definition) is 1. The Balaban J connectivity index is 2.34. The third kappa shape index (κ3) is 3.75. The normalized spacial score (nSPS) is 13.0. The van der Waals surface area contributed by atoms with E-state index in [1.54, 1.807) is 0 Å². The Morgan fingerprint density at radius 2 is 2.00 bits per heavy atom. The highest BCUT2D eigenvalue weighted by Gasteiger charge is 2.35. The molecule has 0 atom stereocenters. The number of aromatic amines is 1. The number of fused-ring (bicyclic) bond motifs is 1. The summed E-state index contributed by atoms with van der Waals surface area (Å²) in [6.45, 7) is 1.88. The molecule has 0 aliphatic rings. The molecule has 0 radical (unpaired) electrons. The molecule has 0 fully saturated rings. The summed E-state index contributed by atoms with van der Waals surface area (Å²) in [6, 6.07) is 4.13. The fourth-order valence-corrected chi connectivity index (χ4v) is 3.61. The number of alkyl halides is 3. The van der Waals surface area contributed by atoms with Gasteiger partial charge in [-0.3, -0.25) is 5.10 Å². The van der Waals surface area contributed by atoms with E-state index in [1.807, 2.05) is 12.0 Å². The van der Waals surface area contributed by atoms with Crippen LogP contribution in [0.2, 0.25) is 0 Å². The highest BCUT2D eigenvalue weighted by Crippen LogP contribution is 2.33. The average Bonchev–Trinajstić information content (AvgIpc) is 2.78. The molecule has 0 amide bonds. The maximum absolute atomic E-state index is 12.8. The number of benzene rings is 1. The first-order valence-electron chi connectivity index (χ1n) is 6.47. The van der Waals surface area contributed by atoms with Crippen LogP contribution in [0, 0.1) is 0 Å². The molecule has 116 valence electrons. The van der Waals surface area contributed by atoms with E-state index in [1.165, 1.54) is 18.2 Å². The molecular weight excluding hydrogens is 305 g/mol. The van der Waals surface area contributed by atoms with E-state index in [0.717, 1.165) is 6.42 Å². The molecule has 1 N–H and O–H groups in total. The second kappa shape index (κ2) is 5.67. The van der Waals surface area contributed by atoms with Crippen molar-refractivity contribution in [2.75, 3.05) is 5.75 Å². The lowest BCUT2D eigenvalue weighted by Crippen LogP contribution is -2.09. The van der Waals surface area contributed by atoms with Gasteiger partial charge < -0.3 is 0 Å². The molecule has 21 heavy (non-hydrogen) atoms. The van der Waals surface area contributed by atoms with Crippen LogP contribution in [0.1, 0.15) is 31.0 Å². The predicted molar refractivity (Wildman–Crippen MR) is 73.5 cm³/mol. The minimum Gasteiger partial charge on any atom is -0.272 e. The van der Waals surface area contributed by atoms with Crippen LogP contribution in [-0.2, 0) is 21.8 Å². The smallest absolute Gasteiger partial charge is 0.272 e. The molecule has 1 aromatic carbocycles. The predicted octanol–water partition coefficient (Wildman–Crippen LogP) is 3.30. The summed E-state index contributed by atoms with van der Waals surface area (Å²) in [5.74, 6) is -0.218. The first-order valence-corrected chi connectivity index (χ1v) is 8.29. The van der Waals surface area contributed by atoms with Gasteiger partial charge in [0.1, 0.15) is 5.69 Å². The fraction of sp³-hybridized carbons (Fsp3) is 0.462. The van der Waals surface area contributed by atoms with Gasteiger partial charge >= 0.3 is 6.18 Å².